The van der Waals surface area contributed by atoms with Crippen LogP contribution in [0.1, 0.15) is 24.8 Å². The van der Waals surface area contributed by atoms with Crippen LogP contribution in [0.3, 0.4) is 0 Å². The maximum absolute atomic E-state index is 13.1. The van der Waals surface area contributed by atoms with Gasteiger partial charge in [0.15, 0.2) is 0 Å². The minimum absolute atomic E-state index is 0.0784. The summed E-state index contributed by atoms with van der Waals surface area (Å²) < 4.78 is 13.9. The summed E-state index contributed by atoms with van der Waals surface area (Å²) in [5, 5.41) is 8.80. The van der Waals surface area contributed by atoms with Crippen LogP contribution in [0.2, 0.25) is 0 Å². The molecule has 1 fully saturated rings. The van der Waals surface area contributed by atoms with Gasteiger partial charge in [-0.05, 0) is 36.6 Å². The zero-order chi connectivity index (χ0) is 11.1. The van der Waals surface area contributed by atoms with Crippen molar-refractivity contribution in [2.75, 3.05) is 0 Å². The molecule has 80 valence electrons. The largest absolute Gasteiger partial charge is 0.481 e. The highest BCUT2D eigenvalue weighted by atomic mass is 79.9. The summed E-state index contributed by atoms with van der Waals surface area (Å²) in [5.41, 5.74) is 0.442. The van der Waals surface area contributed by atoms with E-state index in [4.69, 9.17) is 5.11 Å². The lowest BCUT2D eigenvalue weighted by Gasteiger charge is -2.14. The summed E-state index contributed by atoms with van der Waals surface area (Å²) in [4.78, 5) is 10.7. The highest BCUT2D eigenvalue weighted by molar-refractivity contribution is 9.10. The van der Waals surface area contributed by atoms with Crippen molar-refractivity contribution >= 4 is 21.9 Å². The van der Waals surface area contributed by atoms with E-state index in [1.54, 1.807) is 6.07 Å². The van der Waals surface area contributed by atoms with E-state index in [-0.39, 0.29) is 17.7 Å². The number of rotatable bonds is 3. The Balaban J connectivity index is 2.36. The SMILES string of the molecule is O=C(O)CC1(c2cc(F)ccc2Br)CC1. The van der Waals surface area contributed by atoms with E-state index in [2.05, 4.69) is 15.9 Å². The summed E-state index contributed by atoms with van der Waals surface area (Å²) in [7, 11) is 0. The quantitative estimate of drug-likeness (QED) is 0.918. The van der Waals surface area contributed by atoms with Crippen LogP contribution in [0, 0.1) is 5.82 Å². The summed E-state index contributed by atoms with van der Waals surface area (Å²) in [5.74, 6) is -1.14. The molecular formula is C11H10BrFO2. The molecule has 1 aliphatic rings. The molecule has 0 unspecified atom stereocenters. The second-order valence-corrected chi connectivity index (χ2v) is 4.83. The summed E-state index contributed by atoms with van der Waals surface area (Å²) >= 11 is 3.34. The van der Waals surface area contributed by atoms with Crippen LogP contribution in [0.25, 0.3) is 0 Å². The van der Waals surface area contributed by atoms with Gasteiger partial charge in [-0.1, -0.05) is 15.9 Å². The maximum atomic E-state index is 13.1. The van der Waals surface area contributed by atoms with E-state index < -0.39 is 5.97 Å². The number of hydrogen-bond acceptors (Lipinski definition) is 1. The first-order valence-corrected chi connectivity index (χ1v) is 5.50. The Bertz CT molecular complexity index is 413. The lowest BCUT2D eigenvalue weighted by molar-refractivity contribution is -0.137. The predicted octanol–water partition coefficient (Wildman–Crippen LogP) is 3.09. The van der Waals surface area contributed by atoms with Gasteiger partial charge in [-0.2, -0.15) is 0 Å². The minimum atomic E-state index is -0.830. The second kappa shape index (κ2) is 3.59. The van der Waals surface area contributed by atoms with Crippen molar-refractivity contribution in [3.05, 3.63) is 34.1 Å². The van der Waals surface area contributed by atoms with Crippen molar-refractivity contribution in [1.82, 2.24) is 0 Å². The molecule has 1 aromatic rings. The molecule has 1 aromatic carbocycles. The Morgan fingerprint density at radius 2 is 2.20 bits per heavy atom. The summed E-state index contributed by atoms with van der Waals surface area (Å²) in [6.45, 7) is 0. The fraction of sp³-hybridized carbons (Fsp3) is 0.364. The van der Waals surface area contributed by atoms with Crippen molar-refractivity contribution < 1.29 is 14.3 Å². The lowest BCUT2D eigenvalue weighted by atomic mass is 9.92. The molecule has 0 atom stereocenters. The molecule has 0 heterocycles. The van der Waals surface area contributed by atoms with Crippen LogP contribution in [-0.2, 0) is 10.2 Å². The van der Waals surface area contributed by atoms with Crippen molar-refractivity contribution in [1.29, 1.82) is 0 Å². The molecule has 1 saturated carbocycles. The second-order valence-electron chi connectivity index (χ2n) is 3.98. The van der Waals surface area contributed by atoms with E-state index in [0.717, 1.165) is 22.9 Å². The van der Waals surface area contributed by atoms with Crippen LogP contribution in [0.4, 0.5) is 4.39 Å². The third-order valence-corrected chi connectivity index (χ3v) is 3.53. The molecule has 0 amide bonds. The highest BCUT2D eigenvalue weighted by Crippen LogP contribution is 2.53. The topological polar surface area (TPSA) is 37.3 Å². The minimum Gasteiger partial charge on any atom is -0.481 e. The molecule has 2 nitrogen and oxygen atoms in total. The van der Waals surface area contributed by atoms with E-state index in [0.29, 0.717) is 0 Å². The van der Waals surface area contributed by atoms with Crippen LogP contribution in [0.15, 0.2) is 22.7 Å². The molecular weight excluding hydrogens is 263 g/mol. The van der Waals surface area contributed by atoms with Crippen LogP contribution in [-0.4, -0.2) is 11.1 Å². The van der Waals surface area contributed by atoms with Crippen molar-refractivity contribution in [3.63, 3.8) is 0 Å². The van der Waals surface area contributed by atoms with Gasteiger partial charge in [-0.3, -0.25) is 4.79 Å². The van der Waals surface area contributed by atoms with Crippen molar-refractivity contribution in [2.45, 2.75) is 24.7 Å². The van der Waals surface area contributed by atoms with Gasteiger partial charge < -0.3 is 5.11 Å². The fourth-order valence-corrected chi connectivity index (χ4v) is 2.55. The molecule has 0 spiro atoms. The van der Waals surface area contributed by atoms with E-state index in [9.17, 15) is 9.18 Å². The average Bonchev–Trinajstić information content (AvgIpc) is 2.89. The molecule has 1 aliphatic carbocycles. The molecule has 1 N–H and O–H groups in total. The van der Waals surface area contributed by atoms with Gasteiger partial charge in [0.25, 0.3) is 0 Å². The average molecular weight is 273 g/mol. The van der Waals surface area contributed by atoms with Crippen LogP contribution < -0.4 is 0 Å². The number of carbonyl (C=O) groups is 1. The van der Waals surface area contributed by atoms with Gasteiger partial charge in [-0.15, -0.1) is 0 Å². The molecule has 0 aromatic heterocycles. The number of benzene rings is 1. The number of hydrogen-bond donors (Lipinski definition) is 1. The standard InChI is InChI=1S/C11H10BrFO2/c12-9-2-1-7(13)5-8(9)11(3-4-11)6-10(14)15/h1-2,5H,3-4,6H2,(H,14,15). The number of halogens is 2. The first-order valence-electron chi connectivity index (χ1n) is 4.71. The smallest absolute Gasteiger partial charge is 0.304 e. The zero-order valence-electron chi connectivity index (χ0n) is 7.96. The van der Waals surface area contributed by atoms with Gasteiger partial charge >= 0.3 is 5.97 Å². The van der Waals surface area contributed by atoms with Crippen molar-refractivity contribution in [3.8, 4) is 0 Å². The Hall–Kier alpha value is -0.900. The summed E-state index contributed by atoms with van der Waals surface area (Å²) in [6, 6.07) is 4.43. The third-order valence-electron chi connectivity index (χ3n) is 2.84. The fourth-order valence-electron chi connectivity index (χ4n) is 1.89. The molecule has 0 saturated heterocycles. The van der Waals surface area contributed by atoms with Gasteiger partial charge in [-0.25, -0.2) is 4.39 Å². The van der Waals surface area contributed by atoms with E-state index >= 15 is 0 Å². The molecule has 4 heteroatoms. The first kappa shape index (κ1) is 10.6. The Morgan fingerprint density at radius 1 is 1.53 bits per heavy atom. The Morgan fingerprint density at radius 3 is 2.73 bits per heavy atom. The zero-order valence-corrected chi connectivity index (χ0v) is 9.55. The lowest BCUT2D eigenvalue weighted by Crippen LogP contribution is -2.13. The molecule has 0 radical (unpaired) electrons. The Labute approximate surface area is 95.2 Å². The molecule has 15 heavy (non-hydrogen) atoms. The Kier molecular flexibility index (Phi) is 2.54. The maximum Gasteiger partial charge on any atom is 0.304 e. The van der Waals surface area contributed by atoms with E-state index in [1.807, 2.05) is 0 Å². The van der Waals surface area contributed by atoms with Crippen molar-refractivity contribution in [2.24, 2.45) is 0 Å². The summed E-state index contributed by atoms with van der Waals surface area (Å²) in [6.07, 6.45) is 1.72. The van der Waals surface area contributed by atoms with Crippen LogP contribution >= 0.6 is 15.9 Å². The van der Waals surface area contributed by atoms with Gasteiger partial charge in [0.05, 0.1) is 6.42 Å². The predicted molar refractivity (Wildman–Crippen MR) is 57.3 cm³/mol. The van der Waals surface area contributed by atoms with E-state index in [1.165, 1.54) is 12.1 Å². The van der Waals surface area contributed by atoms with Gasteiger partial charge in [0.2, 0.25) is 0 Å². The molecule has 0 bridgehead atoms. The monoisotopic (exact) mass is 272 g/mol. The molecule has 0 aliphatic heterocycles. The number of aliphatic carboxylic acids is 1. The third kappa shape index (κ3) is 2.04. The van der Waals surface area contributed by atoms with Gasteiger partial charge in [0.1, 0.15) is 5.82 Å². The highest BCUT2D eigenvalue weighted by Gasteiger charge is 2.47. The van der Waals surface area contributed by atoms with Gasteiger partial charge in [0, 0.05) is 9.89 Å². The molecule has 2 rings (SSSR count). The number of carboxylic acid groups (broad SMARTS) is 1. The van der Waals surface area contributed by atoms with Crippen LogP contribution in [0.5, 0.6) is 0 Å². The first-order chi connectivity index (χ1) is 7.03. The number of carboxylic acids is 1. The normalized spacial score (nSPS) is 17.5.